The maximum absolute atomic E-state index is 12.4. The molecule has 3 aromatic rings. The van der Waals surface area contributed by atoms with Crippen molar-refractivity contribution >= 4 is 17.2 Å². The molecule has 0 spiro atoms. The van der Waals surface area contributed by atoms with Gasteiger partial charge >= 0.3 is 0 Å². The van der Waals surface area contributed by atoms with E-state index in [2.05, 4.69) is 14.9 Å². The Balaban J connectivity index is 1.75. The fourth-order valence-electron chi connectivity index (χ4n) is 2.60. The van der Waals surface area contributed by atoms with Crippen LogP contribution in [0.3, 0.4) is 0 Å². The van der Waals surface area contributed by atoms with Gasteiger partial charge in [0.25, 0.3) is 5.91 Å². The van der Waals surface area contributed by atoms with E-state index in [4.69, 9.17) is 0 Å². The molecule has 0 aliphatic carbocycles. The van der Waals surface area contributed by atoms with Crippen molar-refractivity contribution in [1.29, 1.82) is 0 Å². The van der Waals surface area contributed by atoms with Gasteiger partial charge in [-0.15, -0.1) is 11.3 Å². The molecule has 23 heavy (non-hydrogen) atoms. The summed E-state index contributed by atoms with van der Waals surface area (Å²) >= 11 is 1.65. The van der Waals surface area contributed by atoms with Crippen LogP contribution in [-0.2, 0) is 13.1 Å². The summed E-state index contributed by atoms with van der Waals surface area (Å²) in [7, 11) is 0. The smallest absolute Gasteiger partial charge is 0.253 e. The van der Waals surface area contributed by atoms with Gasteiger partial charge in [-0.25, -0.2) is 0 Å². The Labute approximate surface area is 139 Å². The zero-order chi connectivity index (χ0) is 16.2. The lowest BCUT2D eigenvalue weighted by molar-refractivity contribution is 0.0950. The molecule has 5 heteroatoms. The van der Waals surface area contributed by atoms with E-state index in [9.17, 15) is 4.79 Å². The number of carbonyl (C=O) groups excluding carboxylic acids is 1. The molecule has 0 saturated heterocycles. The maximum atomic E-state index is 12.4. The van der Waals surface area contributed by atoms with Crippen LogP contribution >= 0.6 is 11.3 Å². The highest BCUT2D eigenvalue weighted by molar-refractivity contribution is 7.09. The molecule has 0 aromatic carbocycles. The third-order valence-corrected chi connectivity index (χ3v) is 4.74. The first-order chi connectivity index (χ1) is 11.1. The molecule has 0 radical (unpaired) electrons. The van der Waals surface area contributed by atoms with Crippen molar-refractivity contribution in [3.63, 3.8) is 0 Å². The number of hydrogen-bond acceptors (Lipinski definition) is 3. The molecule has 0 aliphatic heterocycles. The summed E-state index contributed by atoms with van der Waals surface area (Å²) in [5.41, 5.74) is 3.75. The van der Waals surface area contributed by atoms with E-state index in [0.717, 1.165) is 27.5 Å². The van der Waals surface area contributed by atoms with Gasteiger partial charge in [-0.3, -0.25) is 9.78 Å². The number of pyridine rings is 1. The standard InChI is InChI=1S/C18H19N3OS/c1-13-10-17(18(22)20-11-16-7-5-9-23-16)14(2)21(13)12-15-6-3-4-8-19-15/h3-10H,11-12H2,1-2H3,(H,20,22). The normalized spacial score (nSPS) is 10.7. The van der Waals surface area contributed by atoms with Crippen molar-refractivity contribution in [2.24, 2.45) is 0 Å². The lowest BCUT2D eigenvalue weighted by atomic mass is 10.2. The lowest BCUT2D eigenvalue weighted by Crippen LogP contribution is -2.23. The SMILES string of the molecule is Cc1cc(C(=O)NCc2cccs2)c(C)n1Cc1ccccn1. The Hall–Kier alpha value is -2.40. The van der Waals surface area contributed by atoms with Crippen LogP contribution in [0.1, 0.15) is 32.3 Å². The molecule has 118 valence electrons. The number of carbonyl (C=O) groups is 1. The van der Waals surface area contributed by atoms with E-state index < -0.39 is 0 Å². The first-order valence-electron chi connectivity index (χ1n) is 7.52. The van der Waals surface area contributed by atoms with Crippen LogP contribution in [0.5, 0.6) is 0 Å². The Kier molecular flexibility index (Phi) is 4.57. The molecular formula is C18H19N3OS. The first kappa shape index (κ1) is 15.5. The highest BCUT2D eigenvalue weighted by Gasteiger charge is 2.16. The Morgan fingerprint density at radius 3 is 2.83 bits per heavy atom. The van der Waals surface area contributed by atoms with E-state index in [0.29, 0.717) is 13.1 Å². The molecule has 0 aliphatic rings. The molecule has 0 unspecified atom stereocenters. The largest absolute Gasteiger partial charge is 0.347 e. The molecule has 4 nitrogen and oxygen atoms in total. The number of nitrogens with zero attached hydrogens (tertiary/aromatic N) is 2. The number of thiophene rings is 1. The second-order valence-corrected chi connectivity index (χ2v) is 6.49. The molecule has 0 fully saturated rings. The first-order valence-corrected chi connectivity index (χ1v) is 8.40. The molecule has 0 atom stereocenters. The monoisotopic (exact) mass is 325 g/mol. The van der Waals surface area contributed by atoms with Crippen molar-refractivity contribution in [2.45, 2.75) is 26.9 Å². The summed E-state index contributed by atoms with van der Waals surface area (Å²) in [5, 5.41) is 5.00. The molecule has 3 heterocycles. The molecule has 1 amide bonds. The maximum Gasteiger partial charge on any atom is 0.253 e. The van der Waals surface area contributed by atoms with Gasteiger partial charge < -0.3 is 9.88 Å². The van der Waals surface area contributed by atoms with Crippen LogP contribution in [0.15, 0.2) is 48.0 Å². The molecule has 0 saturated carbocycles. The van der Waals surface area contributed by atoms with Gasteiger partial charge in [0.15, 0.2) is 0 Å². The van der Waals surface area contributed by atoms with E-state index in [-0.39, 0.29) is 5.91 Å². The van der Waals surface area contributed by atoms with E-state index in [1.165, 1.54) is 0 Å². The van der Waals surface area contributed by atoms with Gasteiger partial charge in [-0.1, -0.05) is 12.1 Å². The number of aryl methyl sites for hydroxylation is 1. The topological polar surface area (TPSA) is 46.9 Å². The second-order valence-electron chi connectivity index (χ2n) is 5.45. The zero-order valence-electron chi connectivity index (χ0n) is 13.2. The van der Waals surface area contributed by atoms with Crippen molar-refractivity contribution < 1.29 is 4.79 Å². The second kappa shape index (κ2) is 6.79. The molecule has 0 bridgehead atoms. The minimum Gasteiger partial charge on any atom is -0.347 e. The summed E-state index contributed by atoms with van der Waals surface area (Å²) in [4.78, 5) is 18.0. The fraction of sp³-hybridized carbons (Fsp3) is 0.222. The van der Waals surface area contributed by atoms with Crippen molar-refractivity contribution in [1.82, 2.24) is 14.9 Å². The Morgan fingerprint density at radius 2 is 2.13 bits per heavy atom. The van der Waals surface area contributed by atoms with Gasteiger partial charge in [0.2, 0.25) is 0 Å². The quantitative estimate of drug-likeness (QED) is 0.780. The zero-order valence-corrected chi connectivity index (χ0v) is 14.1. The van der Waals surface area contributed by atoms with Gasteiger partial charge in [0.1, 0.15) is 0 Å². The van der Waals surface area contributed by atoms with Crippen LogP contribution in [-0.4, -0.2) is 15.5 Å². The fourth-order valence-corrected chi connectivity index (χ4v) is 3.25. The summed E-state index contributed by atoms with van der Waals surface area (Å²) in [6.45, 7) is 5.25. The molecule has 3 aromatic heterocycles. The Morgan fingerprint density at radius 1 is 1.26 bits per heavy atom. The third kappa shape index (κ3) is 3.51. The highest BCUT2D eigenvalue weighted by atomic mass is 32.1. The number of nitrogens with one attached hydrogen (secondary N) is 1. The van der Waals surface area contributed by atoms with Crippen LogP contribution in [0.4, 0.5) is 0 Å². The van der Waals surface area contributed by atoms with Gasteiger partial charge in [0, 0.05) is 22.5 Å². The predicted molar refractivity (Wildman–Crippen MR) is 92.7 cm³/mol. The number of aromatic nitrogens is 2. The van der Waals surface area contributed by atoms with Crippen molar-refractivity contribution in [3.05, 3.63) is 75.5 Å². The van der Waals surface area contributed by atoms with Crippen molar-refractivity contribution in [3.8, 4) is 0 Å². The van der Waals surface area contributed by atoms with Crippen molar-refractivity contribution in [2.75, 3.05) is 0 Å². The number of amides is 1. The van der Waals surface area contributed by atoms with Crippen LogP contribution < -0.4 is 5.32 Å². The van der Waals surface area contributed by atoms with Gasteiger partial charge in [-0.05, 0) is 43.5 Å². The van der Waals surface area contributed by atoms with Crippen LogP contribution in [0.2, 0.25) is 0 Å². The van der Waals surface area contributed by atoms with Crippen LogP contribution in [0, 0.1) is 13.8 Å². The van der Waals surface area contributed by atoms with E-state index >= 15 is 0 Å². The lowest BCUT2D eigenvalue weighted by Gasteiger charge is -2.09. The number of hydrogen-bond donors (Lipinski definition) is 1. The molecule has 3 rings (SSSR count). The van der Waals surface area contributed by atoms with Gasteiger partial charge in [0.05, 0.1) is 24.3 Å². The predicted octanol–water partition coefficient (Wildman–Crippen LogP) is 3.54. The summed E-state index contributed by atoms with van der Waals surface area (Å²) < 4.78 is 2.13. The molecule has 1 N–H and O–H groups in total. The summed E-state index contributed by atoms with van der Waals surface area (Å²) in [5.74, 6) is -0.0289. The minimum absolute atomic E-state index is 0.0289. The minimum atomic E-state index is -0.0289. The third-order valence-electron chi connectivity index (χ3n) is 3.87. The Bertz CT molecular complexity index is 791. The number of rotatable bonds is 5. The van der Waals surface area contributed by atoms with E-state index in [1.54, 1.807) is 17.5 Å². The summed E-state index contributed by atoms with van der Waals surface area (Å²) in [6.07, 6.45) is 1.79. The molecular weight excluding hydrogens is 306 g/mol. The average molecular weight is 325 g/mol. The highest BCUT2D eigenvalue weighted by Crippen LogP contribution is 2.17. The summed E-state index contributed by atoms with van der Waals surface area (Å²) in [6, 6.07) is 11.8. The van der Waals surface area contributed by atoms with Crippen LogP contribution in [0.25, 0.3) is 0 Å². The van der Waals surface area contributed by atoms with E-state index in [1.807, 2.05) is 55.6 Å². The average Bonchev–Trinajstić information content (AvgIpc) is 3.17. The van der Waals surface area contributed by atoms with Gasteiger partial charge in [-0.2, -0.15) is 0 Å².